The van der Waals surface area contributed by atoms with E-state index in [1.807, 2.05) is 24.3 Å². The number of piperidine rings is 1. The Hall–Kier alpha value is -2.41. The number of nitrogens with two attached hydrogens (primary N) is 1. The number of hydrogen-bond donors (Lipinski definition) is 1. The molecule has 7 nitrogen and oxygen atoms in total. The van der Waals surface area contributed by atoms with Crippen molar-refractivity contribution in [1.82, 2.24) is 15.1 Å². The van der Waals surface area contributed by atoms with Crippen LogP contribution >= 0.6 is 0 Å². The average molecular weight is 353 g/mol. The minimum Gasteiger partial charge on any atom is -0.423 e. The maximum atomic E-state index is 6.44. The van der Waals surface area contributed by atoms with Gasteiger partial charge in [-0.15, -0.1) is 0 Å². The molecule has 0 amide bonds. The molecule has 0 unspecified atom stereocenters. The van der Waals surface area contributed by atoms with Crippen molar-refractivity contribution < 1.29 is 8.94 Å². The van der Waals surface area contributed by atoms with Gasteiger partial charge in [0.1, 0.15) is 5.52 Å². The van der Waals surface area contributed by atoms with Crippen LogP contribution in [-0.2, 0) is 5.54 Å². The molecule has 3 heterocycles. The Balaban J connectivity index is 1.28. The summed E-state index contributed by atoms with van der Waals surface area (Å²) in [4.78, 5) is 11.4. The monoisotopic (exact) mass is 353 g/mol. The summed E-state index contributed by atoms with van der Waals surface area (Å²) in [6, 6.07) is 8.56. The van der Waals surface area contributed by atoms with Crippen LogP contribution in [0.3, 0.4) is 0 Å². The SMILES string of the molecule is NC1(c2noc(C3CCN(c4nc5ccccc5o4)CC3)n2)CCCC1. The van der Waals surface area contributed by atoms with E-state index >= 15 is 0 Å². The predicted octanol–water partition coefficient (Wildman–Crippen LogP) is 3.32. The summed E-state index contributed by atoms with van der Waals surface area (Å²) in [6.45, 7) is 1.73. The second-order valence-corrected chi connectivity index (χ2v) is 7.54. The molecule has 1 saturated heterocycles. The second kappa shape index (κ2) is 6.09. The molecule has 2 aromatic heterocycles. The van der Waals surface area contributed by atoms with Gasteiger partial charge in [-0.2, -0.15) is 9.97 Å². The number of anilines is 1. The average Bonchev–Trinajstić information content (AvgIpc) is 3.41. The molecule has 2 aliphatic rings. The van der Waals surface area contributed by atoms with Crippen molar-refractivity contribution in [3.05, 3.63) is 36.0 Å². The Morgan fingerprint density at radius 1 is 1.08 bits per heavy atom. The minimum absolute atomic E-state index is 0.280. The van der Waals surface area contributed by atoms with Crippen LogP contribution in [0.5, 0.6) is 0 Å². The zero-order valence-corrected chi connectivity index (χ0v) is 14.7. The third kappa shape index (κ3) is 2.67. The van der Waals surface area contributed by atoms with Gasteiger partial charge in [0, 0.05) is 19.0 Å². The quantitative estimate of drug-likeness (QED) is 0.772. The highest BCUT2D eigenvalue weighted by Gasteiger charge is 2.37. The van der Waals surface area contributed by atoms with E-state index in [0.29, 0.717) is 11.8 Å². The molecule has 136 valence electrons. The van der Waals surface area contributed by atoms with Gasteiger partial charge in [-0.05, 0) is 37.8 Å². The minimum atomic E-state index is -0.388. The van der Waals surface area contributed by atoms with E-state index in [2.05, 4.69) is 20.0 Å². The number of para-hydroxylation sites is 2. The zero-order chi connectivity index (χ0) is 17.6. The summed E-state index contributed by atoms with van der Waals surface area (Å²) < 4.78 is 11.5. The van der Waals surface area contributed by atoms with Crippen LogP contribution in [0.15, 0.2) is 33.2 Å². The maximum absolute atomic E-state index is 6.44. The van der Waals surface area contributed by atoms with Gasteiger partial charge in [-0.25, -0.2) is 0 Å². The second-order valence-electron chi connectivity index (χ2n) is 7.54. The Kier molecular flexibility index (Phi) is 3.70. The van der Waals surface area contributed by atoms with E-state index in [1.54, 1.807) is 0 Å². The molecule has 5 rings (SSSR count). The number of nitrogens with zero attached hydrogens (tertiary/aromatic N) is 4. The Labute approximate surface area is 151 Å². The van der Waals surface area contributed by atoms with E-state index in [1.165, 1.54) is 0 Å². The number of oxazole rings is 1. The summed E-state index contributed by atoms with van der Waals surface area (Å²) in [5.41, 5.74) is 7.78. The van der Waals surface area contributed by atoms with E-state index in [4.69, 9.17) is 14.7 Å². The van der Waals surface area contributed by atoms with Gasteiger partial charge >= 0.3 is 0 Å². The number of benzene rings is 1. The fourth-order valence-corrected chi connectivity index (χ4v) is 4.15. The smallest absolute Gasteiger partial charge is 0.298 e. The van der Waals surface area contributed by atoms with Crippen LogP contribution in [0.4, 0.5) is 6.01 Å². The van der Waals surface area contributed by atoms with Crippen molar-refractivity contribution in [2.24, 2.45) is 5.73 Å². The van der Waals surface area contributed by atoms with Crippen LogP contribution in [0.1, 0.15) is 56.2 Å². The van der Waals surface area contributed by atoms with E-state index in [0.717, 1.165) is 68.6 Å². The lowest BCUT2D eigenvalue weighted by molar-refractivity contribution is 0.315. The lowest BCUT2D eigenvalue weighted by Gasteiger charge is -2.28. The van der Waals surface area contributed by atoms with Crippen molar-refractivity contribution >= 4 is 17.1 Å². The highest BCUT2D eigenvalue weighted by atomic mass is 16.5. The Morgan fingerprint density at radius 3 is 2.62 bits per heavy atom. The van der Waals surface area contributed by atoms with E-state index in [9.17, 15) is 0 Å². The highest BCUT2D eigenvalue weighted by Crippen LogP contribution is 2.36. The lowest BCUT2D eigenvalue weighted by Crippen LogP contribution is -2.35. The first-order valence-electron chi connectivity index (χ1n) is 9.45. The summed E-state index contributed by atoms with van der Waals surface area (Å²) in [7, 11) is 0. The van der Waals surface area contributed by atoms with Gasteiger partial charge < -0.3 is 19.6 Å². The number of fused-ring (bicyclic) bond motifs is 1. The number of rotatable bonds is 3. The third-order valence-corrected chi connectivity index (χ3v) is 5.78. The van der Waals surface area contributed by atoms with E-state index < -0.39 is 0 Å². The zero-order valence-electron chi connectivity index (χ0n) is 14.7. The van der Waals surface area contributed by atoms with Gasteiger partial charge in [0.05, 0.1) is 5.54 Å². The normalized spacial score (nSPS) is 20.9. The molecular weight excluding hydrogens is 330 g/mol. The third-order valence-electron chi connectivity index (χ3n) is 5.78. The molecule has 26 heavy (non-hydrogen) atoms. The topological polar surface area (TPSA) is 94.2 Å². The molecule has 1 aliphatic heterocycles. The first-order chi connectivity index (χ1) is 12.7. The van der Waals surface area contributed by atoms with Gasteiger partial charge in [0.15, 0.2) is 11.4 Å². The van der Waals surface area contributed by atoms with Crippen LogP contribution in [0, 0.1) is 0 Å². The van der Waals surface area contributed by atoms with Crippen molar-refractivity contribution in [1.29, 1.82) is 0 Å². The molecular formula is C19H23N5O2. The van der Waals surface area contributed by atoms with Crippen LogP contribution < -0.4 is 10.6 Å². The molecule has 0 radical (unpaired) electrons. The van der Waals surface area contributed by atoms with Gasteiger partial charge in [0.2, 0.25) is 5.89 Å². The summed E-state index contributed by atoms with van der Waals surface area (Å²) in [5.74, 6) is 1.70. The predicted molar refractivity (Wildman–Crippen MR) is 96.8 cm³/mol. The summed E-state index contributed by atoms with van der Waals surface area (Å²) >= 11 is 0. The number of aromatic nitrogens is 3. The largest absolute Gasteiger partial charge is 0.423 e. The molecule has 1 aromatic carbocycles. The fourth-order valence-electron chi connectivity index (χ4n) is 4.15. The lowest BCUT2D eigenvalue weighted by atomic mass is 9.96. The molecule has 2 N–H and O–H groups in total. The molecule has 0 atom stereocenters. The summed E-state index contributed by atoms with van der Waals surface area (Å²) in [6.07, 6.45) is 6.06. The first-order valence-corrected chi connectivity index (χ1v) is 9.45. The Bertz CT molecular complexity index is 870. The van der Waals surface area contributed by atoms with Crippen molar-refractivity contribution in [2.45, 2.75) is 50.0 Å². The molecule has 1 aliphatic carbocycles. The van der Waals surface area contributed by atoms with Crippen LogP contribution in [0.25, 0.3) is 11.1 Å². The molecule has 3 aromatic rings. The Morgan fingerprint density at radius 2 is 1.85 bits per heavy atom. The highest BCUT2D eigenvalue weighted by molar-refractivity contribution is 5.74. The maximum Gasteiger partial charge on any atom is 0.298 e. The molecule has 7 heteroatoms. The van der Waals surface area contributed by atoms with Crippen LogP contribution in [-0.4, -0.2) is 28.2 Å². The molecule has 0 spiro atoms. The van der Waals surface area contributed by atoms with E-state index in [-0.39, 0.29) is 11.5 Å². The van der Waals surface area contributed by atoms with Crippen LogP contribution in [0.2, 0.25) is 0 Å². The van der Waals surface area contributed by atoms with Gasteiger partial charge in [-0.3, -0.25) is 0 Å². The van der Waals surface area contributed by atoms with Crippen molar-refractivity contribution in [2.75, 3.05) is 18.0 Å². The fraction of sp³-hybridized carbons (Fsp3) is 0.526. The number of hydrogen-bond acceptors (Lipinski definition) is 7. The van der Waals surface area contributed by atoms with Crippen molar-refractivity contribution in [3.63, 3.8) is 0 Å². The van der Waals surface area contributed by atoms with Gasteiger partial charge in [0.25, 0.3) is 6.01 Å². The summed E-state index contributed by atoms with van der Waals surface area (Å²) in [5, 5.41) is 4.20. The first kappa shape index (κ1) is 15.8. The molecule has 1 saturated carbocycles. The molecule has 2 fully saturated rings. The standard InChI is InChI=1S/C19H23N5O2/c20-19(9-3-4-10-19)17-22-16(26-23-17)13-7-11-24(12-8-13)18-21-14-5-1-2-6-15(14)25-18/h1-2,5-6,13H,3-4,7-12,20H2. The molecule has 0 bridgehead atoms. The van der Waals surface area contributed by atoms with Gasteiger partial charge in [-0.1, -0.05) is 30.1 Å². The van der Waals surface area contributed by atoms with Crippen molar-refractivity contribution in [3.8, 4) is 0 Å².